The number of carbonyl (C=O) groups excluding carboxylic acids is 1. The molecule has 3 rings (SSSR count). The van der Waals surface area contributed by atoms with E-state index in [0.717, 1.165) is 36.3 Å². The van der Waals surface area contributed by atoms with Crippen molar-refractivity contribution < 1.29 is 4.79 Å². The molecular weight excluding hydrogens is 342 g/mol. The molecule has 4 N–H and O–H groups in total. The number of carbonyl (C=O) groups is 1. The number of rotatable bonds is 8. The van der Waals surface area contributed by atoms with E-state index in [2.05, 4.69) is 39.5 Å². The molecule has 2 heterocycles. The number of nitrogens with one attached hydrogen (secondary N) is 2. The van der Waals surface area contributed by atoms with Crippen molar-refractivity contribution in [3.05, 3.63) is 54.0 Å². The second-order valence-electron chi connectivity index (χ2n) is 6.07. The maximum absolute atomic E-state index is 11.8. The number of para-hydroxylation sites is 1. The molecule has 0 fully saturated rings. The Morgan fingerprint density at radius 2 is 2.00 bits per heavy atom. The third-order valence-electron chi connectivity index (χ3n) is 4.05. The highest BCUT2D eigenvalue weighted by atomic mass is 16.1. The molecule has 2 aromatic heterocycles. The zero-order valence-corrected chi connectivity index (χ0v) is 15.4. The first-order valence-electron chi connectivity index (χ1n) is 8.92. The number of hydrogen-bond donors (Lipinski definition) is 3. The van der Waals surface area contributed by atoms with Gasteiger partial charge in [-0.3, -0.25) is 9.48 Å². The summed E-state index contributed by atoms with van der Waals surface area (Å²) in [6.07, 6.45) is 6.86. The molecule has 140 valence electrons. The predicted octanol–water partition coefficient (Wildman–Crippen LogP) is 3.23. The van der Waals surface area contributed by atoms with E-state index in [1.165, 1.54) is 6.20 Å². The van der Waals surface area contributed by atoms with Gasteiger partial charge >= 0.3 is 0 Å². The fraction of sp³-hybridized carbons (Fsp3) is 0.263. The average molecular weight is 365 g/mol. The van der Waals surface area contributed by atoms with Gasteiger partial charge < -0.3 is 16.4 Å². The van der Waals surface area contributed by atoms with Gasteiger partial charge in [-0.25, -0.2) is 4.98 Å². The van der Waals surface area contributed by atoms with Crippen LogP contribution in [0.2, 0.25) is 0 Å². The Kier molecular flexibility index (Phi) is 5.65. The molecule has 0 saturated carbocycles. The molecule has 0 radical (unpaired) electrons. The van der Waals surface area contributed by atoms with Gasteiger partial charge in [0.15, 0.2) is 0 Å². The van der Waals surface area contributed by atoms with Crippen molar-refractivity contribution in [1.82, 2.24) is 19.7 Å². The zero-order valence-electron chi connectivity index (χ0n) is 15.4. The molecule has 3 aromatic rings. The first-order chi connectivity index (χ1) is 13.1. The van der Waals surface area contributed by atoms with Crippen molar-refractivity contribution in [2.45, 2.75) is 33.2 Å². The standard InChI is InChI=1S/C19H23N7O/c1-3-9-26-12-14(10-22-26)23-19-21-11-15(17(20)27)18(25-19)24-16-8-6-5-7-13(16)4-2/h5-8,10-12H,3-4,9H2,1-2H3,(H2,20,27)(H2,21,23,24,25). The number of amides is 1. The molecule has 0 unspecified atom stereocenters. The van der Waals surface area contributed by atoms with Crippen LogP contribution >= 0.6 is 0 Å². The molecule has 8 heteroatoms. The number of aromatic nitrogens is 4. The fourth-order valence-corrected chi connectivity index (χ4v) is 2.70. The van der Waals surface area contributed by atoms with E-state index in [0.29, 0.717) is 11.8 Å². The zero-order chi connectivity index (χ0) is 19.2. The van der Waals surface area contributed by atoms with E-state index < -0.39 is 5.91 Å². The van der Waals surface area contributed by atoms with Crippen LogP contribution in [-0.4, -0.2) is 25.7 Å². The minimum Gasteiger partial charge on any atom is -0.365 e. The van der Waals surface area contributed by atoms with Crippen LogP contribution in [0.25, 0.3) is 0 Å². The number of anilines is 4. The highest BCUT2D eigenvalue weighted by Gasteiger charge is 2.14. The molecule has 27 heavy (non-hydrogen) atoms. The van der Waals surface area contributed by atoms with Crippen LogP contribution < -0.4 is 16.4 Å². The quantitative estimate of drug-likeness (QED) is 0.565. The van der Waals surface area contributed by atoms with E-state index in [-0.39, 0.29) is 5.56 Å². The Hall–Kier alpha value is -3.42. The van der Waals surface area contributed by atoms with Gasteiger partial charge in [0, 0.05) is 24.6 Å². The molecule has 0 aliphatic heterocycles. The van der Waals surface area contributed by atoms with Gasteiger partial charge in [0.2, 0.25) is 5.95 Å². The minimum atomic E-state index is -0.589. The maximum atomic E-state index is 11.8. The summed E-state index contributed by atoms with van der Waals surface area (Å²) in [5.41, 5.74) is 8.48. The van der Waals surface area contributed by atoms with Crippen molar-refractivity contribution >= 4 is 29.0 Å². The molecule has 0 aliphatic carbocycles. The monoisotopic (exact) mass is 365 g/mol. The van der Waals surface area contributed by atoms with Gasteiger partial charge in [0.25, 0.3) is 5.91 Å². The average Bonchev–Trinajstić information content (AvgIpc) is 3.09. The topological polar surface area (TPSA) is 111 Å². The summed E-state index contributed by atoms with van der Waals surface area (Å²) >= 11 is 0. The van der Waals surface area contributed by atoms with E-state index in [4.69, 9.17) is 5.73 Å². The third kappa shape index (κ3) is 4.41. The molecule has 0 atom stereocenters. The minimum absolute atomic E-state index is 0.230. The molecule has 0 saturated heterocycles. The van der Waals surface area contributed by atoms with Crippen molar-refractivity contribution in [3.8, 4) is 0 Å². The Balaban J connectivity index is 1.89. The Morgan fingerprint density at radius 1 is 1.19 bits per heavy atom. The van der Waals surface area contributed by atoms with Crippen molar-refractivity contribution in [2.75, 3.05) is 10.6 Å². The highest BCUT2D eigenvalue weighted by molar-refractivity contribution is 5.98. The summed E-state index contributed by atoms with van der Waals surface area (Å²) in [5.74, 6) is 0.128. The van der Waals surface area contributed by atoms with Gasteiger partial charge in [-0.05, 0) is 24.5 Å². The summed E-state index contributed by atoms with van der Waals surface area (Å²) in [5, 5.41) is 10.6. The van der Waals surface area contributed by atoms with Crippen molar-refractivity contribution in [1.29, 1.82) is 0 Å². The number of hydrogen-bond acceptors (Lipinski definition) is 6. The van der Waals surface area contributed by atoms with E-state index >= 15 is 0 Å². The van der Waals surface area contributed by atoms with Crippen LogP contribution in [-0.2, 0) is 13.0 Å². The van der Waals surface area contributed by atoms with E-state index in [1.54, 1.807) is 6.20 Å². The largest absolute Gasteiger partial charge is 0.365 e. The smallest absolute Gasteiger partial charge is 0.254 e. The molecular formula is C19H23N7O. The number of aryl methyl sites for hydroxylation is 2. The number of benzene rings is 1. The summed E-state index contributed by atoms with van der Waals surface area (Å²) in [6.45, 7) is 4.99. The van der Waals surface area contributed by atoms with E-state index in [9.17, 15) is 4.79 Å². The van der Waals surface area contributed by atoms with Crippen molar-refractivity contribution in [3.63, 3.8) is 0 Å². The van der Waals surface area contributed by atoms with Gasteiger partial charge in [-0.2, -0.15) is 10.1 Å². The maximum Gasteiger partial charge on any atom is 0.254 e. The van der Waals surface area contributed by atoms with Gasteiger partial charge in [-0.1, -0.05) is 32.0 Å². The van der Waals surface area contributed by atoms with Crippen LogP contribution in [0, 0.1) is 0 Å². The third-order valence-corrected chi connectivity index (χ3v) is 4.05. The van der Waals surface area contributed by atoms with Crippen molar-refractivity contribution in [2.24, 2.45) is 5.73 Å². The van der Waals surface area contributed by atoms with Crippen LogP contribution in [0.15, 0.2) is 42.9 Å². The Morgan fingerprint density at radius 3 is 2.74 bits per heavy atom. The Labute approximate surface area is 157 Å². The van der Waals surface area contributed by atoms with Gasteiger partial charge in [0.1, 0.15) is 11.4 Å². The van der Waals surface area contributed by atoms with Gasteiger partial charge in [-0.15, -0.1) is 0 Å². The lowest BCUT2D eigenvalue weighted by Gasteiger charge is -2.13. The first-order valence-corrected chi connectivity index (χ1v) is 8.92. The van der Waals surface area contributed by atoms with Gasteiger partial charge in [0.05, 0.1) is 11.9 Å². The summed E-state index contributed by atoms with van der Waals surface area (Å²) < 4.78 is 1.84. The lowest BCUT2D eigenvalue weighted by atomic mass is 10.1. The molecule has 0 bridgehead atoms. The van der Waals surface area contributed by atoms with Crippen LogP contribution in [0.1, 0.15) is 36.2 Å². The second kappa shape index (κ2) is 8.31. The first kappa shape index (κ1) is 18.4. The molecule has 8 nitrogen and oxygen atoms in total. The predicted molar refractivity (Wildman–Crippen MR) is 105 cm³/mol. The Bertz CT molecular complexity index is 935. The van der Waals surface area contributed by atoms with Crippen LogP contribution in [0.3, 0.4) is 0 Å². The molecule has 0 spiro atoms. The fourth-order valence-electron chi connectivity index (χ4n) is 2.70. The van der Waals surface area contributed by atoms with Crippen LogP contribution in [0.5, 0.6) is 0 Å². The van der Waals surface area contributed by atoms with E-state index in [1.807, 2.05) is 35.1 Å². The molecule has 1 aromatic carbocycles. The highest BCUT2D eigenvalue weighted by Crippen LogP contribution is 2.24. The lowest BCUT2D eigenvalue weighted by Crippen LogP contribution is -2.16. The summed E-state index contributed by atoms with van der Waals surface area (Å²) in [6, 6.07) is 7.86. The number of nitrogens with two attached hydrogens (primary N) is 1. The number of nitrogens with zero attached hydrogens (tertiary/aromatic N) is 4. The normalized spacial score (nSPS) is 10.6. The number of primary amides is 1. The molecule has 0 aliphatic rings. The van der Waals surface area contributed by atoms with Crippen LogP contribution in [0.4, 0.5) is 23.1 Å². The second-order valence-corrected chi connectivity index (χ2v) is 6.07. The summed E-state index contributed by atoms with van der Waals surface area (Å²) in [7, 11) is 0. The SMILES string of the molecule is CCCn1cc(Nc2ncc(C(N)=O)c(Nc3ccccc3CC)n2)cn1. The summed E-state index contributed by atoms with van der Waals surface area (Å²) in [4.78, 5) is 20.4. The molecule has 1 amide bonds. The lowest BCUT2D eigenvalue weighted by molar-refractivity contribution is 0.100.